The molecule has 1 aromatic heterocycles. The fraction of sp³-hybridized carbons (Fsp3) is 0.100. The summed E-state index contributed by atoms with van der Waals surface area (Å²) >= 11 is 3.38. The fourth-order valence-corrected chi connectivity index (χ4v) is 3.73. The third-order valence-electron chi connectivity index (χ3n) is 3.57. The monoisotopic (exact) mass is 366 g/mol. The topological polar surface area (TPSA) is 41.5 Å². The zero-order chi connectivity index (χ0) is 17.5. The van der Waals surface area contributed by atoms with Crippen LogP contribution < -0.4 is 5.43 Å². The van der Waals surface area contributed by atoms with Gasteiger partial charge in [-0.3, -0.25) is 4.79 Å². The van der Waals surface area contributed by atoms with E-state index in [2.05, 4.69) is 22.7 Å². The first-order valence-electron chi connectivity index (χ1n) is 7.87. The molecule has 3 nitrogen and oxygen atoms in total. The molecule has 0 saturated carbocycles. The average Bonchev–Trinajstić information content (AvgIpc) is 3.20. The Labute approximate surface area is 155 Å². The Kier molecular flexibility index (Phi) is 6.04. The van der Waals surface area contributed by atoms with Crippen molar-refractivity contribution in [1.82, 2.24) is 5.43 Å². The van der Waals surface area contributed by atoms with Crippen LogP contribution in [0.15, 0.2) is 82.1 Å². The molecule has 0 aliphatic heterocycles. The maximum Gasteiger partial charge on any atom is 0.271 e. The summed E-state index contributed by atoms with van der Waals surface area (Å²) in [4.78, 5) is 14.5. The predicted octanol–water partition coefficient (Wildman–Crippen LogP) is 5.19. The Hall–Kier alpha value is -2.37. The Morgan fingerprint density at radius 3 is 2.48 bits per heavy atom. The molecule has 1 heterocycles. The first-order chi connectivity index (χ1) is 12.2. The van der Waals surface area contributed by atoms with Gasteiger partial charge < -0.3 is 0 Å². The Balaban J connectivity index is 1.56. The van der Waals surface area contributed by atoms with E-state index in [1.54, 1.807) is 23.1 Å². The van der Waals surface area contributed by atoms with E-state index in [1.165, 1.54) is 10.5 Å². The molecule has 0 saturated heterocycles. The number of hydrazone groups is 1. The Morgan fingerprint density at radius 1 is 1.04 bits per heavy atom. The van der Waals surface area contributed by atoms with Crippen LogP contribution in [0.2, 0.25) is 0 Å². The van der Waals surface area contributed by atoms with Gasteiger partial charge in [0.1, 0.15) is 0 Å². The highest BCUT2D eigenvalue weighted by atomic mass is 32.2. The third kappa shape index (κ3) is 5.05. The van der Waals surface area contributed by atoms with Crippen LogP contribution in [-0.4, -0.2) is 11.6 Å². The molecule has 0 spiro atoms. The van der Waals surface area contributed by atoms with Crippen LogP contribution in [0, 0.1) is 0 Å². The first kappa shape index (κ1) is 17.5. The molecule has 0 atom stereocenters. The van der Waals surface area contributed by atoms with Crippen molar-refractivity contribution in [3.8, 4) is 0 Å². The van der Waals surface area contributed by atoms with Crippen LogP contribution >= 0.6 is 23.1 Å². The molecular formula is C20H18N2OS2. The zero-order valence-electron chi connectivity index (χ0n) is 13.8. The second-order valence-corrected chi connectivity index (χ2v) is 7.41. The molecule has 0 radical (unpaired) electrons. The minimum absolute atomic E-state index is 0.196. The zero-order valence-corrected chi connectivity index (χ0v) is 15.4. The van der Waals surface area contributed by atoms with Gasteiger partial charge in [-0.15, -0.1) is 23.1 Å². The number of amides is 1. The first-order valence-corrected chi connectivity index (χ1v) is 9.74. The molecule has 3 aromatic rings. The highest BCUT2D eigenvalue weighted by Gasteiger charge is 2.06. The van der Waals surface area contributed by atoms with Gasteiger partial charge in [0.05, 0.1) is 5.71 Å². The molecule has 5 heteroatoms. The van der Waals surface area contributed by atoms with E-state index < -0.39 is 0 Å². The summed E-state index contributed by atoms with van der Waals surface area (Å²) in [6.07, 6.45) is 0. The fourth-order valence-electron chi connectivity index (χ4n) is 2.17. The summed E-state index contributed by atoms with van der Waals surface area (Å²) in [6.45, 7) is 1.88. The number of thioether (sulfide) groups is 1. The van der Waals surface area contributed by atoms with Crippen LogP contribution in [0.1, 0.15) is 27.7 Å². The number of benzene rings is 2. The number of nitrogens with one attached hydrogen (secondary N) is 1. The molecule has 1 amide bonds. The lowest BCUT2D eigenvalue weighted by molar-refractivity contribution is 0.0955. The van der Waals surface area contributed by atoms with Crippen LogP contribution in [0.5, 0.6) is 0 Å². The predicted molar refractivity (Wildman–Crippen MR) is 106 cm³/mol. The van der Waals surface area contributed by atoms with Gasteiger partial charge in [-0.2, -0.15) is 5.10 Å². The molecular weight excluding hydrogens is 348 g/mol. The normalized spacial score (nSPS) is 11.3. The van der Waals surface area contributed by atoms with Gasteiger partial charge >= 0.3 is 0 Å². The van der Waals surface area contributed by atoms with E-state index in [4.69, 9.17) is 0 Å². The molecule has 0 bridgehead atoms. The number of rotatable bonds is 6. The molecule has 2 aromatic carbocycles. The Morgan fingerprint density at radius 2 is 1.80 bits per heavy atom. The molecule has 0 fully saturated rings. The van der Waals surface area contributed by atoms with Crippen molar-refractivity contribution in [2.24, 2.45) is 5.10 Å². The largest absolute Gasteiger partial charge is 0.271 e. The molecule has 25 heavy (non-hydrogen) atoms. The summed E-state index contributed by atoms with van der Waals surface area (Å²) in [5.74, 6) is 0.680. The van der Waals surface area contributed by atoms with Crippen LogP contribution in [-0.2, 0) is 5.75 Å². The van der Waals surface area contributed by atoms with Gasteiger partial charge in [0.25, 0.3) is 5.91 Å². The number of nitrogens with zero attached hydrogens (tertiary/aromatic N) is 1. The van der Waals surface area contributed by atoms with Crippen molar-refractivity contribution in [3.63, 3.8) is 0 Å². The lowest BCUT2D eigenvalue weighted by Crippen LogP contribution is -2.19. The standard InChI is InChI=1S/C20H18N2OS2/c1-15(19-8-5-13-24-19)21-22-20(23)17-11-9-16(10-12-17)14-25-18-6-3-2-4-7-18/h2-13H,14H2,1H3,(H,22,23). The minimum Gasteiger partial charge on any atom is -0.267 e. The van der Waals surface area contributed by atoms with Gasteiger partial charge in [-0.05, 0) is 48.2 Å². The van der Waals surface area contributed by atoms with Crippen molar-refractivity contribution in [1.29, 1.82) is 0 Å². The van der Waals surface area contributed by atoms with E-state index >= 15 is 0 Å². The second-order valence-electron chi connectivity index (χ2n) is 5.41. The molecule has 0 unspecified atom stereocenters. The molecule has 0 aliphatic rings. The van der Waals surface area contributed by atoms with Crippen molar-refractivity contribution in [2.75, 3.05) is 0 Å². The highest BCUT2D eigenvalue weighted by Crippen LogP contribution is 2.22. The molecule has 1 N–H and O–H groups in total. The summed E-state index contributed by atoms with van der Waals surface area (Å²) in [6, 6.07) is 21.9. The van der Waals surface area contributed by atoms with Gasteiger partial charge in [-0.25, -0.2) is 5.43 Å². The number of hydrogen-bond acceptors (Lipinski definition) is 4. The second kappa shape index (κ2) is 8.65. The van der Waals surface area contributed by atoms with Crippen molar-refractivity contribution >= 4 is 34.7 Å². The number of hydrogen-bond donors (Lipinski definition) is 1. The summed E-state index contributed by atoms with van der Waals surface area (Å²) < 4.78 is 0. The lowest BCUT2D eigenvalue weighted by atomic mass is 10.1. The number of carbonyl (C=O) groups excluding carboxylic acids is 1. The molecule has 3 rings (SSSR count). The SMILES string of the molecule is CC(=NNC(=O)c1ccc(CSc2ccccc2)cc1)c1cccs1. The van der Waals surface area contributed by atoms with Gasteiger partial charge in [-0.1, -0.05) is 36.4 Å². The summed E-state index contributed by atoms with van der Waals surface area (Å²) in [5.41, 5.74) is 5.21. The number of carbonyl (C=O) groups is 1. The van der Waals surface area contributed by atoms with Gasteiger partial charge in [0, 0.05) is 21.1 Å². The summed E-state index contributed by atoms with van der Waals surface area (Å²) in [5, 5.41) is 6.15. The van der Waals surface area contributed by atoms with E-state index in [-0.39, 0.29) is 5.91 Å². The van der Waals surface area contributed by atoms with E-state index in [0.29, 0.717) is 5.56 Å². The van der Waals surface area contributed by atoms with Crippen LogP contribution in [0.25, 0.3) is 0 Å². The number of thiophene rings is 1. The van der Waals surface area contributed by atoms with E-state index in [0.717, 1.165) is 16.3 Å². The van der Waals surface area contributed by atoms with Crippen molar-refractivity contribution < 1.29 is 4.79 Å². The maximum atomic E-state index is 12.2. The van der Waals surface area contributed by atoms with Crippen molar-refractivity contribution in [2.45, 2.75) is 17.6 Å². The highest BCUT2D eigenvalue weighted by molar-refractivity contribution is 7.98. The van der Waals surface area contributed by atoms with E-state index in [1.807, 2.05) is 66.9 Å². The molecule has 126 valence electrons. The van der Waals surface area contributed by atoms with Crippen LogP contribution in [0.3, 0.4) is 0 Å². The quantitative estimate of drug-likeness (QED) is 0.370. The third-order valence-corrected chi connectivity index (χ3v) is 5.63. The Bertz CT molecular complexity index is 841. The minimum atomic E-state index is -0.196. The lowest BCUT2D eigenvalue weighted by Gasteiger charge is -2.04. The van der Waals surface area contributed by atoms with E-state index in [9.17, 15) is 4.79 Å². The van der Waals surface area contributed by atoms with Gasteiger partial charge in [0.15, 0.2) is 0 Å². The van der Waals surface area contributed by atoms with Crippen LogP contribution in [0.4, 0.5) is 0 Å². The van der Waals surface area contributed by atoms with Crippen molar-refractivity contribution in [3.05, 3.63) is 88.1 Å². The molecule has 0 aliphatic carbocycles. The maximum absolute atomic E-state index is 12.2. The summed E-state index contributed by atoms with van der Waals surface area (Å²) in [7, 11) is 0. The van der Waals surface area contributed by atoms with Gasteiger partial charge in [0.2, 0.25) is 0 Å². The smallest absolute Gasteiger partial charge is 0.267 e. The average molecular weight is 367 g/mol.